The molecule has 130 valence electrons. The molecule has 1 aromatic rings. The van der Waals surface area contributed by atoms with E-state index in [1.165, 1.54) is 13.0 Å². The lowest BCUT2D eigenvalue weighted by atomic mass is 10.1. The van der Waals surface area contributed by atoms with E-state index in [0.717, 1.165) is 15.6 Å². The quantitative estimate of drug-likeness (QED) is 0.883. The van der Waals surface area contributed by atoms with E-state index in [2.05, 4.69) is 0 Å². The van der Waals surface area contributed by atoms with Crippen LogP contribution in [0, 0.1) is 0 Å². The van der Waals surface area contributed by atoms with Crippen molar-refractivity contribution < 1.29 is 23.1 Å². The zero-order valence-electron chi connectivity index (χ0n) is 13.6. The number of carboxylic acids is 1. The summed E-state index contributed by atoms with van der Waals surface area (Å²) in [5.41, 5.74) is 1.52. The topological polar surface area (TPSA) is 95.0 Å². The first kappa shape index (κ1) is 16.9. The van der Waals surface area contributed by atoms with Crippen LogP contribution in [0.1, 0.15) is 32.3 Å². The summed E-state index contributed by atoms with van der Waals surface area (Å²) in [5.74, 6) is -1.20. The first-order valence-corrected chi connectivity index (χ1v) is 9.35. The van der Waals surface area contributed by atoms with Crippen LogP contribution in [0.25, 0.3) is 0 Å². The minimum absolute atomic E-state index is 0.0194. The molecule has 2 aliphatic heterocycles. The highest BCUT2D eigenvalue weighted by Crippen LogP contribution is 2.35. The lowest BCUT2D eigenvalue weighted by Gasteiger charge is -2.22. The molecule has 1 saturated heterocycles. The average Bonchev–Trinajstić information content (AvgIpc) is 3.09. The van der Waals surface area contributed by atoms with Crippen molar-refractivity contribution in [3.05, 3.63) is 23.8 Å². The maximum atomic E-state index is 12.8. The molecular formula is C16H20N2O5S. The van der Waals surface area contributed by atoms with E-state index in [4.69, 9.17) is 0 Å². The molecule has 0 aliphatic carbocycles. The molecule has 0 unspecified atom stereocenters. The Morgan fingerprint density at radius 3 is 2.62 bits per heavy atom. The number of hydrogen-bond donors (Lipinski definition) is 1. The highest BCUT2D eigenvalue weighted by molar-refractivity contribution is 7.89. The molecule has 2 atom stereocenters. The van der Waals surface area contributed by atoms with Gasteiger partial charge in [0, 0.05) is 25.2 Å². The number of sulfonamides is 1. The van der Waals surface area contributed by atoms with Crippen LogP contribution >= 0.6 is 0 Å². The molecule has 0 aromatic heterocycles. The molecule has 0 radical (unpaired) electrons. The van der Waals surface area contributed by atoms with Crippen LogP contribution in [0.2, 0.25) is 0 Å². The van der Waals surface area contributed by atoms with Gasteiger partial charge in [0.2, 0.25) is 15.9 Å². The van der Waals surface area contributed by atoms with Gasteiger partial charge in [0.1, 0.15) is 6.04 Å². The minimum Gasteiger partial charge on any atom is -0.480 e. The fourth-order valence-corrected chi connectivity index (χ4v) is 5.36. The number of carbonyl (C=O) groups is 2. The van der Waals surface area contributed by atoms with E-state index < -0.39 is 22.0 Å². The molecule has 2 heterocycles. The number of hydrogen-bond acceptors (Lipinski definition) is 4. The van der Waals surface area contributed by atoms with Crippen molar-refractivity contribution >= 4 is 27.6 Å². The number of benzene rings is 1. The maximum Gasteiger partial charge on any atom is 0.322 e. The van der Waals surface area contributed by atoms with E-state index in [0.29, 0.717) is 19.3 Å². The van der Waals surface area contributed by atoms with Crippen LogP contribution in [0.4, 0.5) is 5.69 Å². The van der Waals surface area contributed by atoms with E-state index in [1.807, 2.05) is 6.92 Å². The Morgan fingerprint density at radius 2 is 2.00 bits per heavy atom. The molecule has 7 nitrogen and oxygen atoms in total. The third-order valence-electron chi connectivity index (χ3n) is 4.70. The molecule has 24 heavy (non-hydrogen) atoms. The van der Waals surface area contributed by atoms with Gasteiger partial charge in [0.25, 0.3) is 0 Å². The van der Waals surface area contributed by atoms with Crippen molar-refractivity contribution in [1.29, 1.82) is 0 Å². The molecule has 3 rings (SSSR count). The van der Waals surface area contributed by atoms with Crippen molar-refractivity contribution in [3.63, 3.8) is 0 Å². The van der Waals surface area contributed by atoms with Gasteiger partial charge in [-0.15, -0.1) is 0 Å². The van der Waals surface area contributed by atoms with Crippen molar-refractivity contribution in [3.8, 4) is 0 Å². The number of carbonyl (C=O) groups excluding carboxylic acids is 1. The monoisotopic (exact) mass is 352 g/mol. The molecule has 0 bridgehead atoms. The summed E-state index contributed by atoms with van der Waals surface area (Å²) >= 11 is 0. The standard InChI is InChI=1S/C16H20N2O5S/c1-10-8-12-9-13(5-6-14(12)18(10)11(2)19)24(22,23)17-7-3-4-15(17)16(20)21/h5-6,9-10,15H,3-4,7-8H2,1-2H3,(H,20,21)/t10-,15+/m0/s1. The SMILES string of the molecule is CC(=O)N1c2ccc(S(=O)(=O)N3CCC[C@@H]3C(=O)O)cc2C[C@@H]1C. The molecule has 1 N–H and O–H groups in total. The van der Waals surface area contributed by atoms with Gasteiger partial charge in [-0.1, -0.05) is 0 Å². The number of nitrogens with zero attached hydrogens (tertiary/aromatic N) is 2. The summed E-state index contributed by atoms with van der Waals surface area (Å²) in [4.78, 5) is 24.8. The van der Waals surface area contributed by atoms with E-state index in [1.54, 1.807) is 17.0 Å². The fourth-order valence-electron chi connectivity index (χ4n) is 3.66. The Bertz CT molecular complexity index is 805. The Morgan fingerprint density at radius 1 is 1.29 bits per heavy atom. The fraction of sp³-hybridized carbons (Fsp3) is 0.500. The van der Waals surface area contributed by atoms with Gasteiger partial charge in [0.15, 0.2) is 0 Å². The van der Waals surface area contributed by atoms with Crippen LogP contribution in [-0.4, -0.2) is 48.3 Å². The summed E-state index contributed by atoms with van der Waals surface area (Å²) in [6.07, 6.45) is 1.45. The molecule has 1 aromatic carbocycles. The highest BCUT2D eigenvalue weighted by Gasteiger charge is 2.40. The maximum absolute atomic E-state index is 12.8. The molecule has 2 aliphatic rings. The third kappa shape index (κ3) is 2.59. The first-order chi connectivity index (χ1) is 11.2. The van der Waals surface area contributed by atoms with Gasteiger partial charge in [-0.05, 0) is 49.9 Å². The van der Waals surface area contributed by atoms with Crippen molar-refractivity contribution in [2.45, 2.75) is 50.1 Å². The van der Waals surface area contributed by atoms with Crippen molar-refractivity contribution in [2.75, 3.05) is 11.4 Å². The second-order valence-electron chi connectivity index (χ2n) is 6.34. The Hall–Kier alpha value is -1.93. The van der Waals surface area contributed by atoms with E-state index >= 15 is 0 Å². The van der Waals surface area contributed by atoms with Gasteiger partial charge in [-0.3, -0.25) is 9.59 Å². The average molecular weight is 352 g/mol. The Kier molecular flexibility index (Phi) is 4.13. The zero-order valence-corrected chi connectivity index (χ0v) is 14.4. The van der Waals surface area contributed by atoms with Crippen LogP contribution in [0.15, 0.2) is 23.1 Å². The second kappa shape index (κ2) is 5.86. The molecule has 1 fully saturated rings. The van der Waals surface area contributed by atoms with Crippen LogP contribution < -0.4 is 4.90 Å². The summed E-state index contributed by atoms with van der Waals surface area (Å²) in [6.45, 7) is 3.61. The summed E-state index contributed by atoms with van der Waals surface area (Å²) in [5, 5.41) is 9.23. The lowest BCUT2D eigenvalue weighted by Crippen LogP contribution is -2.40. The second-order valence-corrected chi connectivity index (χ2v) is 8.24. The van der Waals surface area contributed by atoms with Gasteiger partial charge >= 0.3 is 5.97 Å². The predicted octanol–water partition coefficient (Wildman–Crippen LogP) is 1.22. The van der Waals surface area contributed by atoms with Crippen LogP contribution in [-0.2, 0) is 26.0 Å². The van der Waals surface area contributed by atoms with Crippen molar-refractivity contribution in [1.82, 2.24) is 4.31 Å². The number of rotatable bonds is 3. The Balaban J connectivity index is 1.98. The predicted molar refractivity (Wildman–Crippen MR) is 87.3 cm³/mol. The number of aliphatic carboxylic acids is 1. The largest absolute Gasteiger partial charge is 0.480 e. The minimum atomic E-state index is -3.86. The first-order valence-electron chi connectivity index (χ1n) is 7.91. The van der Waals surface area contributed by atoms with E-state index in [9.17, 15) is 23.1 Å². The van der Waals surface area contributed by atoms with Crippen LogP contribution in [0.5, 0.6) is 0 Å². The van der Waals surface area contributed by atoms with Gasteiger partial charge < -0.3 is 10.0 Å². The molecule has 8 heteroatoms. The smallest absolute Gasteiger partial charge is 0.322 e. The number of anilines is 1. The molecule has 0 spiro atoms. The number of carboxylic acid groups (broad SMARTS) is 1. The molecule has 0 saturated carbocycles. The van der Waals surface area contributed by atoms with Crippen LogP contribution in [0.3, 0.4) is 0 Å². The van der Waals surface area contributed by atoms with Gasteiger partial charge in [-0.25, -0.2) is 8.42 Å². The summed E-state index contributed by atoms with van der Waals surface area (Å²) in [7, 11) is -3.86. The lowest BCUT2D eigenvalue weighted by molar-refractivity contribution is -0.140. The summed E-state index contributed by atoms with van der Waals surface area (Å²) < 4.78 is 26.7. The number of fused-ring (bicyclic) bond motifs is 1. The van der Waals surface area contributed by atoms with Gasteiger partial charge in [0.05, 0.1) is 4.90 Å². The molecule has 1 amide bonds. The van der Waals surface area contributed by atoms with Gasteiger partial charge in [-0.2, -0.15) is 4.31 Å². The summed E-state index contributed by atoms with van der Waals surface area (Å²) in [6, 6.07) is 3.64. The Labute approximate surface area is 140 Å². The third-order valence-corrected chi connectivity index (χ3v) is 6.61. The normalized spacial score (nSPS) is 24.2. The molecular weight excluding hydrogens is 332 g/mol. The highest BCUT2D eigenvalue weighted by atomic mass is 32.2. The van der Waals surface area contributed by atoms with E-state index in [-0.39, 0.29) is 23.4 Å². The van der Waals surface area contributed by atoms with Crippen molar-refractivity contribution in [2.24, 2.45) is 0 Å². The zero-order chi connectivity index (χ0) is 17.6. The number of amides is 1.